The maximum Gasteiger partial charge on any atom is 0.478 e. The van der Waals surface area contributed by atoms with Gasteiger partial charge in [0.25, 0.3) is 0 Å². The fourth-order valence-electron chi connectivity index (χ4n) is 1.07. The molecule has 0 aromatic carbocycles. The highest BCUT2D eigenvalue weighted by Crippen LogP contribution is 2.22. The van der Waals surface area contributed by atoms with Gasteiger partial charge in [-0.05, 0) is 30.4 Å². The molecule has 0 amide bonds. The fourth-order valence-corrected chi connectivity index (χ4v) is 1.96. The van der Waals surface area contributed by atoms with Gasteiger partial charge in [0, 0.05) is 0 Å². The lowest BCUT2D eigenvalue weighted by Crippen LogP contribution is -2.16. The summed E-state index contributed by atoms with van der Waals surface area (Å²) in [7, 11) is 0. The minimum atomic E-state index is -4.84. The van der Waals surface area contributed by atoms with E-state index in [1.165, 1.54) is 11.3 Å². The second-order valence-electron chi connectivity index (χ2n) is 3.10. The summed E-state index contributed by atoms with van der Waals surface area (Å²) in [6.07, 6.45) is -1.40. The molecule has 0 saturated carbocycles. The van der Waals surface area contributed by atoms with Crippen molar-refractivity contribution in [2.24, 2.45) is 0 Å². The number of Topliss-reactive ketones (excluding diaryl/α,β-unsaturated/α-hetero) is 1. The highest BCUT2D eigenvalue weighted by Gasteiger charge is 2.24. The summed E-state index contributed by atoms with van der Waals surface area (Å²) in [6, 6.07) is 1.73. The molecule has 14 heavy (non-hydrogen) atoms. The van der Waals surface area contributed by atoms with Crippen LogP contribution >= 0.6 is 11.3 Å². The van der Waals surface area contributed by atoms with Gasteiger partial charge in [0.1, 0.15) is 0 Å². The molecule has 0 aliphatic heterocycles. The van der Waals surface area contributed by atoms with Crippen LogP contribution in [0.5, 0.6) is 0 Å². The van der Waals surface area contributed by atoms with Crippen molar-refractivity contribution in [3.8, 4) is 0 Å². The summed E-state index contributed by atoms with van der Waals surface area (Å²) in [5.41, 5.74) is 0.759. The minimum absolute atomic E-state index is 0.406. The molecule has 1 aromatic rings. The molecule has 0 saturated heterocycles. The Bertz CT molecular complexity index is 332. The lowest BCUT2D eigenvalue weighted by molar-refractivity contribution is 0.0988. The van der Waals surface area contributed by atoms with Gasteiger partial charge in [-0.3, -0.25) is 4.79 Å². The van der Waals surface area contributed by atoms with E-state index >= 15 is 0 Å². The van der Waals surface area contributed by atoms with Crippen LogP contribution < -0.4 is 0 Å². The lowest BCUT2D eigenvalue weighted by atomic mass is 9.83. The Morgan fingerprint density at radius 1 is 1.50 bits per heavy atom. The normalized spacial score (nSPS) is 11.7. The van der Waals surface area contributed by atoms with Crippen LogP contribution in [0.1, 0.15) is 21.7 Å². The monoisotopic (exact) mass is 221 g/mol. The highest BCUT2D eigenvalue weighted by atomic mass is 32.1. The van der Waals surface area contributed by atoms with Gasteiger partial charge in [-0.15, -0.1) is 11.3 Å². The van der Waals surface area contributed by atoms with Crippen LogP contribution in [0.3, 0.4) is 0 Å². The summed E-state index contributed by atoms with van der Waals surface area (Å²) in [4.78, 5) is 11.7. The Morgan fingerprint density at radius 2 is 2.14 bits per heavy atom. The van der Waals surface area contributed by atoms with Crippen LogP contribution in [0.2, 0.25) is 6.32 Å². The average molecular weight is 221 g/mol. The Kier molecular flexibility index (Phi) is 3.36. The number of carbonyl (C=O) groups excluding carboxylic acids is 1. The van der Waals surface area contributed by atoms with Gasteiger partial charge >= 0.3 is 6.98 Å². The van der Waals surface area contributed by atoms with Gasteiger partial charge in [-0.1, -0.05) is 6.32 Å². The highest BCUT2D eigenvalue weighted by molar-refractivity contribution is 7.12. The van der Waals surface area contributed by atoms with E-state index in [1.54, 1.807) is 18.4 Å². The maximum atomic E-state index is 11.9. The Hall–Kier alpha value is -0.775. The summed E-state index contributed by atoms with van der Waals surface area (Å²) in [5, 5.41) is 1.71. The van der Waals surface area contributed by atoms with Crippen LogP contribution in [-0.4, -0.2) is 12.8 Å². The summed E-state index contributed by atoms with van der Waals surface area (Å²) in [5.74, 6) is -0.406. The van der Waals surface area contributed by atoms with E-state index < -0.39 is 25.5 Å². The first-order valence-corrected chi connectivity index (χ1v) is 5.06. The SMILES string of the molecule is Cc1ccsc1C(=O)CC[B-](F)(F)F. The van der Waals surface area contributed by atoms with Gasteiger partial charge in [-0.2, -0.15) is 0 Å². The van der Waals surface area contributed by atoms with Crippen LogP contribution in [0, 0.1) is 6.92 Å². The third-order valence-corrected chi connectivity index (χ3v) is 2.87. The van der Waals surface area contributed by atoms with Crippen molar-refractivity contribution in [1.29, 1.82) is 0 Å². The molecule has 6 heteroatoms. The first-order valence-electron chi connectivity index (χ1n) is 4.18. The van der Waals surface area contributed by atoms with Gasteiger partial charge in [-0.25, -0.2) is 0 Å². The van der Waals surface area contributed by atoms with Crippen LogP contribution in [0.4, 0.5) is 12.9 Å². The number of carbonyl (C=O) groups is 1. The van der Waals surface area contributed by atoms with Crippen LogP contribution in [0.15, 0.2) is 11.4 Å². The molecular formula is C8H9BF3OS-. The van der Waals surface area contributed by atoms with E-state index in [4.69, 9.17) is 0 Å². The van der Waals surface area contributed by atoms with E-state index in [-0.39, 0.29) is 0 Å². The van der Waals surface area contributed by atoms with Crippen molar-refractivity contribution in [2.75, 3.05) is 0 Å². The molecule has 0 aliphatic rings. The van der Waals surface area contributed by atoms with Gasteiger partial charge in [0.05, 0.1) is 4.88 Å². The Labute approximate surface area is 84.0 Å². The predicted molar refractivity (Wildman–Crippen MR) is 51.9 cm³/mol. The number of rotatable bonds is 4. The van der Waals surface area contributed by atoms with Crippen molar-refractivity contribution in [3.05, 3.63) is 21.9 Å². The van der Waals surface area contributed by atoms with Crippen molar-refractivity contribution in [1.82, 2.24) is 0 Å². The lowest BCUT2D eigenvalue weighted by Gasteiger charge is -2.11. The molecule has 0 atom stereocenters. The molecule has 1 nitrogen and oxygen atoms in total. The molecule has 0 N–H and O–H groups in total. The average Bonchev–Trinajstić information content (AvgIpc) is 2.46. The van der Waals surface area contributed by atoms with Crippen molar-refractivity contribution < 1.29 is 17.7 Å². The quantitative estimate of drug-likeness (QED) is 0.561. The topological polar surface area (TPSA) is 17.1 Å². The van der Waals surface area contributed by atoms with E-state index in [0.29, 0.717) is 4.88 Å². The summed E-state index contributed by atoms with van der Waals surface area (Å²) < 4.78 is 35.6. The molecule has 0 spiro atoms. The summed E-state index contributed by atoms with van der Waals surface area (Å²) >= 11 is 1.20. The molecule has 1 rings (SSSR count). The number of thiophene rings is 1. The van der Waals surface area contributed by atoms with Crippen molar-refractivity contribution >= 4 is 24.1 Å². The molecule has 0 bridgehead atoms. The number of halogens is 3. The van der Waals surface area contributed by atoms with Crippen molar-refractivity contribution in [2.45, 2.75) is 19.7 Å². The second kappa shape index (κ2) is 4.17. The largest absolute Gasteiger partial charge is 0.478 e. The zero-order valence-electron chi connectivity index (χ0n) is 7.60. The summed E-state index contributed by atoms with van der Waals surface area (Å²) in [6.45, 7) is -3.12. The van der Waals surface area contributed by atoms with E-state index in [0.717, 1.165) is 5.56 Å². The van der Waals surface area contributed by atoms with Crippen LogP contribution in [-0.2, 0) is 0 Å². The molecular weight excluding hydrogens is 212 g/mol. The number of ketones is 1. The van der Waals surface area contributed by atoms with Gasteiger partial charge in [0.15, 0.2) is 5.78 Å². The van der Waals surface area contributed by atoms with Crippen molar-refractivity contribution in [3.63, 3.8) is 0 Å². The molecule has 1 heterocycles. The molecule has 1 aromatic heterocycles. The zero-order chi connectivity index (χ0) is 10.8. The number of hydrogen-bond acceptors (Lipinski definition) is 2. The van der Waals surface area contributed by atoms with E-state index in [2.05, 4.69) is 0 Å². The smallest absolute Gasteiger partial charge is 0.449 e. The minimum Gasteiger partial charge on any atom is -0.449 e. The third-order valence-electron chi connectivity index (χ3n) is 1.81. The molecule has 0 unspecified atom stereocenters. The fraction of sp³-hybridized carbons (Fsp3) is 0.375. The number of aryl methyl sites for hydroxylation is 1. The third kappa shape index (κ3) is 3.18. The first-order chi connectivity index (χ1) is 6.40. The first kappa shape index (κ1) is 11.3. The predicted octanol–water partition coefficient (Wildman–Crippen LogP) is 3.48. The zero-order valence-corrected chi connectivity index (χ0v) is 8.41. The second-order valence-corrected chi connectivity index (χ2v) is 4.02. The molecule has 78 valence electrons. The Balaban J connectivity index is 2.56. The van der Waals surface area contributed by atoms with Crippen LogP contribution in [0.25, 0.3) is 0 Å². The molecule has 0 radical (unpaired) electrons. The van der Waals surface area contributed by atoms with Gasteiger partial charge < -0.3 is 12.9 Å². The molecule has 0 fully saturated rings. The standard InChI is InChI=1S/C8H9BF3OS/c1-6-3-5-14-8(6)7(13)2-4-9(10,11)12/h3,5H,2,4H2,1H3/q-1. The van der Waals surface area contributed by atoms with E-state index in [1.807, 2.05) is 0 Å². The number of hydrogen-bond donors (Lipinski definition) is 0. The van der Waals surface area contributed by atoms with E-state index in [9.17, 15) is 17.7 Å². The Morgan fingerprint density at radius 3 is 2.57 bits per heavy atom. The molecule has 0 aliphatic carbocycles. The maximum absolute atomic E-state index is 11.9. The van der Waals surface area contributed by atoms with Gasteiger partial charge in [0.2, 0.25) is 0 Å².